The molecule has 14 heteroatoms. The maximum Gasteiger partial charge on any atom is 0.490 e. The largest absolute Gasteiger partial charge is 0.490 e. The molecule has 33 heavy (non-hydrogen) atoms. The van der Waals surface area contributed by atoms with Crippen molar-refractivity contribution in [3.63, 3.8) is 0 Å². The summed E-state index contributed by atoms with van der Waals surface area (Å²) in [6, 6.07) is 4.32. The number of piperidine rings is 1. The van der Waals surface area contributed by atoms with Crippen molar-refractivity contribution in [2.75, 3.05) is 19.6 Å². The summed E-state index contributed by atoms with van der Waals surface area (Å²) in [5.74, 6) is -4.82. The van der Waals surface area contributed by atoms with E-state index in [-0.39, 0.29) is 24.0 Å². The molecule has 1 aromatic heterocycles. The van der Waals surface area contributed by atoms with Crippen LogP contribution in [0.1, 0.15) is 23.3 Å². The number of carboxylic acids is 1. The van der Waals surface area contributed by atoms with Gasteiger partial charge in [-0.2, -0.15) is 18.3 Å². The summed E-state index contributed by atoms with van der Waals surface area (Å²) < 4.78 is 60.0. The standard InChI is InChI=1S/C17H19F2N5O2.C2HF3O2/c18-11-3-4-13(19)15(8-11)24-7-5-14(22-24)17(26)21-12-2-1-6-23(9-12)10-16(20)25;3-2(4,5)1(6)7/h3-5,7-8,12H,1-2,6,9-10H2,(H2,20,25)(H,21,26);(H,6,7). The normalized spacial score (nSPS) is 16.5. The third kappa shape index (κ3) is 7.82. The van der Waals surface area contributed by atoms with Gasteiger partial charge in [0.2, 0.25) is 5.91 Å². The molecular weight excluding hydrogens is 457 g/mol. The molecule has 1 fully saturated rings. The second-order valence-electron chi connectivity index (χ2n) is 7.06. The summed E-state index contributed by atoms with van der Waals surface area (Å²) in [6.07, 6.45) is -2.07. The van der Waals surface area contributed by atoms with E-state index in [1.807, 2.05) is 4.90 Å². The number of carboxylic acid groups (broad SMARTS) is 1. The number of primary amides is 1. The van der Waals surface area contributed by atoms with Gasteiger partial charge in [-0.05, 0) is 37.6 Å². The fourth-order valence-corrected chi connectivity index (χ4v) is 3.04. The number of aliphatic carboxylic acids is 1. The number of hydrogen-bond donors (Lipinski definition) is 3. The number of nitrogens with two attached hydrogens (primary N) is 1. The number of hydrogen-bond acceptors (Lipinski definition) is 5. The van der Waals surface area contributed by atoms with Crippen LogP contribution in [-0.2, 0) is 9.59 Å². The topological polar surface area (TPSA) is 131 Å². The molecule has 9 nitrogen and oxygen atoms in total. The number of likely N-dealkylation sites (tertiary alicyclic amines) is 1. The Hall–Kier alpha value is -3.55. The Balaban J connectivity index is 0.000000479. The number of alkyl halides is 3. The predicted molar refractivity (Wildman–Crippen MR) is 103 cm³/mol. The molecule has 0 aliphatic carbocycles. The summed E-state index contributed by atoms with van der Waals surface area (Å²) in [4.78, 5) is 34.2. The maximum atomic E-state index is 13.8. The van der Waals surface area contributed by atoms with E-state index in [9.17, 15) is 31.5 Å². The highest BCUT2D eigenvalue weighted by Crippen LogP contribution is 2.15. The molecule has 2 amide bonds. The Morgan fingerprint density at radius 1 is 1.21 bits per heavy atom. The van der Waals surface area contributed by atoms with E-state index in [1.54, 1.807) is 0 Å². The Morgan fingerprint density at radius 3 is 2.48 bits per heavy atom. The number of carbonyl (C=O) groups is 3. The first-order valence-electron chi connectivity index (χ1n) is 9.49. The highest BCUT2D eigenvalue weighted by molar-refractivity contribution is 5.92. The van der Waals surface area contributed by atoms with E-state index < -0.39 is 35.6 Å². The summed E-state index contributed by atoms with van der Waals surface area (Å²) in [5, 5.41) is 14.0. The molecule has 0 radical (unpaired) electrons. The molecule has 2 heterocycles. The van der Waals surface area contributed by atoms with Gasteiger partial charge in [-0.15, -0.1) is 0 Å². The van der Waals surface area contributed by atoms with Gasteiger partial charge in [0.25, 0.3) is 5.91 Å². The number of rotatable bonds is 5. The Labute approximate surface area is 184 Å². The lowest BCUT2D eigenvalue weighted by molar-refractivity contribution is -0.192. The summed E-state index contributed by atoms with van der Waals surface area (Å²) in [7, 11) is 0. The Kier molecular flexibility index (Phi) is 8.45. The van der Waals surface area contributed by atoms with E-state index in [4.69, 9.17) is 15.6 Å². The van der Waals surface area contributed by atoms with Gasteiger partial charge in [-0.1, -0.05) is 0 Å². The average molecular weight is 477 g/mol. The van der Waals surface area contributed by atoms with Gasteiger partial charge in [0.05, 0.1) is 6.54 Å². The molecule has 1 aliphatic rings. The lowest BCUT2D eigenvalue weighted by atomic mass is 10.1. The minimum atomic E-state index is -5.08. The van der Waals surface area contributed by atoms with Crippen molar-refractivity contribution >= 4 is 17.8 Å². The van der Waals surface area contributed by atoms with E-state index in [0.29, 0.717) is 6.54 Å². The molecule has 2 aromatic rings. The van der Waals surface area contributed by atoms with E-state index in [1.165, 1.54) is 12.3 Å². The van der Waals surface area contributed by atoms with Crippen LogP contribution in [0, 0.1) is 11.6 Å². The van der Waals surface area contributed by atoms with Crippen LogP contribution >= 0.6 is 0 Å². The molecule has 0 bridgehead atoms. The van der Waals surface area contributed by atoms with Gasteiger partial charge in [0.15, 0.2) is 5.69 Å². The Morgan fingerprint density at radius 2 is 1.88 bits per heavy atom. The third-order valence-electron chi connectivity index (χ3n) is 4.44. The van der Waals surface area contributed by atoms with Crippen molar-refractivity contribution in [3.05, 3.63) is 47.8 Å². The molecule has 180 valence electrons. The van der Waals surface area contributed by atoms with E-state index >= 15 is 0 Å². The quantitative estimate of drug-likeness (QED) is 0.559. The van der Waals surface area contributed by atoms with Crippen molar-refractivity contribution in [2.24, 2.45) is 5.73 Å². The fourth-order valence-electron chi connectivity index (χ4n) is 3.04. The molecule has 4 N–H and O–H groups in total. The van der Waals surface area contributed by atoms with Crippen LogP contribution < -0.4 is 11.1 Å². The van der Waals surface area contributed by atoms with Gasteiger partial charge in [-0.3, -0.25) is 14.5 Å². The van der Waals surface area contributed by atoms with Crippen LogP contribution in [0.5, 0.6) is 0 Å². The molecule has 3 rings (SSSR count). The molecule has 1 aromatic carbocycles. The molecule has 1 saturated heterocycles. The SMILES string of the molecule is NC(=O)CN1CCCC(NC(=O)c2ccn(-c3cc(F)ccc3F)n2)C1.O=C(O)C(F)(F)F. The number of nitrogens with one attached hydrogen (secondary N) is 1. The first-order chi connectivity index (χ1) is 15.4. The van der Waals surface area contributed by atoms with Crippen LogP contribution in [0.25, 0.3) is 5.69 Å². The van der Waals surface area contributed by atoms with Gasteiger partial charge in [-0.25, -0.2) is 18.3 Å². The lowest BCUT2D eigenvalue weighted by Crippen LogP contribution is -2.49. The number of benzene rings is 1. The van der Waals surface area contributed by atoms with Gasteiger partial charge in [0.1, 0.15) is 17.3 Å². The second-order valence-corrected chi connectivity index (χ2v) is 7.06. The molecule has 0 spiro atoms. The number of carbonyl (C=O) groups excluding carboxylic acids is 2. The second kappa shape index (κ2) is 10.8. The summed E-state index contributed by atoms with van der Waals surface area (Å²) in [5.41, 5.74) is 5.23. The van der Waals surface area contributed by atoms with Crippen molar-refractivity contribution < 1.29 is 41.4 Å². The first kappa shape index (κ1) is 25.7. The van der Waals surface area contributed by atoms with Crippen LogP contribution in [0.3, 0.4) is 0 Å². The van der Waals surface area contributed by atoms with Crippen LogP contribution in [0.4, 0.5) is 22.0 Å². The van der Waals surface area contributed by atoms with Gasteiger partial charge < -0.3 is 16.2 Å². The molecule has 1 unspecified atom stereocenters. The van der Waals surface area contributed by atoms with Crippen molar-refractivity contribution in [3.8, 4) is 5.69 Å². The van der Waals surface area contributed by atoms with Crippen LogP contribution in [0.15, 0.2) is 30.5 Å². The molecule has 1 aliphatic heterocycles. The monoisotopic (exact) mass is 477 g/mol. The molecular formula is C19H20F5N5O4. The molecule has 1 atom stereocenters. The zero-order chi connectivity index (χ0) is 24.8. The number of amides is 2. The van der Waals surface area contributed by atoms with Crippen molar-refractivity contribution in [1.29, 1.82) is 0 Å². The first-order valence-corrected chi connectivity index (χ1v) is 9.49. The van der Waals surface area contributed by atoms with Gasteiger partial charge >= 0.3 is 12.1 Å². The van der Waals surface area contributed by atoms with E-state index in [0.717, 1.165) is 42.3 Å². The summed E-state index contributed by atoms with van der Waals surface area (Å²) in [6.45, 7) is 1.43. The van der Waals surface area contributed by atoms with Crippen molar-refractivity contribution in [1.82, 2.24) is 20.0 Å². The maximum absolute atomic E-state index is 13.8. The summed E-state index contributed by atoms with van der Waals surface area (Å²) >= 11 is 0. The van der Waals surface area contributed by atoms with Crippen LogP contribution in [0.2, 0.25) is 0 Å². The third-order valence-corrected chi connectivity index (χ3v) is 4.44. The molecule has 0 saturated carbocycles. The highest BCUT2D eigenvalue weighted by atomic mass is 19.4. The van der Waals surface area contributed by atoms with Crippen LogP contribution in [-0.4, -0.2) is 69.4 Å². The number of aromatic nitrogens is 2. The number of nitrogens with zero attached hydrogens (tertiary/aromatic N) is 3. The number of halogens is 5. The highest BCUT2D eigenvalue weighted by Gasteiger charge is 2.38. The zero-order valence-corrected chi connectivity index (χ0v) is 17.0. The van der Waals surface area contributed by atoms with E-state index in [2.05, 4.69) is 10.4 Å². The lowest BCUT2D eigenvalue weighted by Gasteiger charge is -2.32. The van der Waals surface area contributed by atoms with Gasteiger partial charge in [0, 0.05) is 24.8 Å². The Bertz CT molecular complexity index is 1010. The smallest absolute Gasteiger partial charge is 0.475 e. The average Bonchev–Trinajstić information content (AvgIpc) is 3.19. The van der Waals surface area contributed by atoms with Crippen molar-refractivity contribution in [2.45, 2.75) is 25.1 Å². The zero-order valence-electron chi connectivity index (χ0n) is 17.0. The minimum absolute atomic E-state index is 0.0747. The predicted octanol–water partition coefficient (Wildman–Crippen LogP) is 1.46. The minimum Gasteiger partial charge on any atom is -0.475 e. The fraction of sp³-hybridized carbons (Fsp3) is 0.368.